The Hall–Kier alpha value is -0.780. The molecule has 0 N–H and O–H groups in total. The fourth-order valence-electron chi connectivity index (χ4n) is 1.24. The third-order valence-corrected chi connectivity index (χ3v) is 4.41. The van der Waals surface area contributed by atoms with Crippen LogP contribution in [-0.2, 0) is 9.84 Å². The van der Waals surface area contributed by atoms with Gasteiger partial charge in [0.1, 0.15) is 12.4 Å². The predicted octanol–water partition coefficient (Wildman–Crippen LogP) is 2.62. The highest BCUT2D eigenvalue weighted by atomic mass is 35.5. The van der Waals surface area contributed by atoms with Crippen molar-refractivity contribution in [3.05, 3.63) is 27.7 Å². The third kappa shape index (κ3) is 4.15. The average molecular weight is 311 g/mol. The summed E-state index contributed by atoms with van der Waals surface area (Å²) in [7, 11) is -3.11. The van der Waals surface area contributed by atoms with Crippen molar-refractivity contribution in [3.8, 4) is 5.75 Å². The van der Waals surface area contributed by atoms with Gasteiger partial charge in [-0.3, -0.25) is 4.79 Å². The van der Waals surface area contributed by atoms with Crippen molar-refractivity contribution in [2.75, 3.05) is 18.1 Å². The van der Waals surface area contributed by atoms with Gasteiger partial charge in [-0.05, 0) is 12.1 Å². The van der Waals surface area contributed by atoms with Crippen LogP contribution in [0, 0.1) is 0 Å². The van der Waals surface area contributed by atoms with Crippen molar-refractivity contribution in [3.63, 3.8) is 0 Å². The molecular formula is C11H12Cl2O4S. The molecule has 0 aliphatic heterocycles. The van der Waals surface area contributed by atoms with Gasteiger partial charge in [0.05, 0.1) is 16.3 Å². The fraction of sp³-hybridized carbons (Fsp3) is 0.364. The molecule has 7 heteroatoms. The van der Waals surface area contributed by atoms with Crippen molar-refractivity contribution in [1.82, 2.24) is 0 Å². The van der Waals surface area contributed by atoms with Gasteiger partial charge in [-0.1, -0.05) is 30.1 Å². The lowest BCUT2D eigenvalue weighted by atomic mass is 10.2. The summed E-state index contributed by atoms with van der Waals surface area (Å²) >= 11 is 11.6. The molecule has 0 atom stereocenters. The normalized spacial score (nSPS) is 11.3. The average Bonchev–Trinajstić information content (AvgIpc) is 2.31. The number of rotatable bonds is 6. The fourth-order valence-corrected chi connectivity index (χ4v) is 2.42. The second-order valence-corrected chi connectivity index (χ2v) is 6.83. The molecule has 1 aromatic rings. The summed E-state index contributed by atoms with van der Waals surface area (Å²) in [5.74, 6) is 0.0776. The van der Waals surface area contributed by atoms with E-state index in [9.17, 15) is 13.2 Å². The second kappa shape index (κ2) is 6.41. The summed E-state index contributed by atoms with van der Waals surface area (Å²) in [4.78, 5) is 10.8. The molecule has 0 radical (unpaired) electrons. The first-order valence-corrected chi connectivity index (χ1v) is 7.74. The molecule has 0 aliphatic rings. The highest BCUT2D eigenvalue weighted by Crippen LogP contribution is 2.31. The molecule has 0 unspecified atom stereocenters. The lowest BCUT2D eigenvalue weighted by Gasteiger charge is -2.10. The van der Waals surface area contributed by atoms with Crippen molar-refractivity contribution in [2.24, 2.45) is 0 Å². The Labute approximate surface area is 116 Å². The molecule has 0 aliphatic carbocycles. The maximum absolute atomic E-state index is 11.3. The van der Waals surface area contributed by atoms with E-state index in [1.54, 1.807) is 6.92 Å². The first kappa shape index (κ1) is 15.3. The number of carbonyl (C=O) groups is 1. The molecule has 4 nitrogen and oxygen atoms in total. The molecule has 0 heterocycles. The smallest absolute Gasteiger partial charge is 0.153 e. The van der Waals surface area contributed by atoms with Crippen molar-refractivity contribution in [2.45, 2.75) is 6.92 Å². The lowest BCUT2D eigenvalue weighted by molar-refractivity contribution is 0.112. The molecule has 0 amide bonds. The minimum absolute atomic E-state index is 0.0469. The monoisotopic (exact) mass is 310 g/mol. The summed E-state index contributed by atoms with van der Waals surface area (Å²) in [5.41, 5.74) is 0.196. The van der Waals surface area contributed by atoms with Gasteiger partial charge in [-0.25, -0.2) is 8.42 Å². The van der Waals surface area contributed by atoms with Gasteiger partial charge < -0.3 is 4.74 Å². The molecule has 18 heavy (non-hydrogen) atoms. The topological polar surface area (TPSA) is 60.4 Å². The molecule has 0 fully saturated rings. The van der Waals surface area contributed by atoms with Crippen LogP contribution >= 0.6 is 23.2 Å². The number of benzene rings is 1. The van der Waals surface area contributed by atoms with Crippen LogP contribution in [0.1, 0.15) is 17.3 Å². The Morgan fingerprint density at radius 3 is 2.56 bits per heavy atom. The molecule has 0 spiro atoms. The number of sulfone groups is 1. The molecule has 0 aromatic heterocycles. The summed E-state index contributed by atoms with van der Waals surface area (Å²) in [6.45, 7) is 1.50. The highest BCUT2D eigenvalue weighted by Gasteiger charge is 2.12. The maximum Gasteiger partial charge on any atom is 0.153 e. The van der Waals surface area contributed by atoms with E-state index in [4.69, 9.17) is 27.9 Å². The van der Waals surface area contributed by atoms with E-state index in [1.165, 1.54) is 12.1 Å². The van der Waals surface area contributed by atoms with Crippen LogP contribution in [0.4, 0.5) is 0 Å². The second-order valence-electron chi connectivity index (χ2n) is 3.51. The van der Waals surface area contributed by atoms with Crippen LogP contribution in [0.5, 0.6) is 5.75 Å². The molecular weight excluding hydrogens is 299 g/mol. The SMILES string of the molecule is CCS(=O)(=O)CCOc1c(Cl)cc(Cl)cc1C=O. The van der Waals surface area contributed by atoms with Crippen LogP contribution in [0.15, 0.2) is 12.1 Å². The zero-order valence-corrected chi connectivity index (χ0v) is 12.0. The number of aldehydes is 1. The lowest BCUT2D eigenvalue weighted by Crippen LogP contribution is -2.16. The molecule has 1 rings (SSSR count). The van der Waals surface area contributed by atoms with E-state index in [1.807, 2.05) is 0 Å². The Bertz CT molecular complexity index is 540. The Morgan fingerprint density at radius 1 is 1.33 bits per heavy atom. The van der Waals surface area contributed by atoms with Crippen molar-refractivity contribution >= 4 is 39.3 Å². The summed E-state index contributed by atoms with van der Waals surface area (Å²) in [6, 6.07) is 2.84. The zero-order valence-electron chi connectivity index (χ0n) is 9.65. The van der Waals surface area contributed by atoms with Crippen molar-refractivity contribution in [1.29, 1.82) is 0 Å². The van der Waals surface area contributed by atoms with Crippen LogP contribution in [0.3, 0.4) is 0 Å². The summed E-state index contributed by atoms with van der Waals surface area (Å²) < 4.78 is 27.8. The highest BCUT2D eigenvalue weighted by molar-refractivity contribution is 7.91. The first-order valence-electron chi connectivity index (χ1n) is 5.17. The van der Waals surface area contributed by atoms with Crippen LogP contribution in [0.25, 0.3) is 0 Å². The standard InChI is InChI=1S/C11H12Cl2O4S/c1-2-18(15,16)4-3-17-11-8(7-14)5-9(12)6-10(11)13/h5-7H,2-4H2,1H3. The summed E-state index contributed by atoms with van der Waals surface area (Å²) in [6.07, 6.45) is 0.557. The van der Waals surface area contributed by atoms with Gasteiger partial charge in [0, 0.05) is 10.8 Å². The Kier molecular flexibility index (Phi) is 5.44. The molecule has 100 valence electrons. The van der Waals surface area contributed by atoms with Gasteiger partial charge in [0.15, 0.2) is 16.1 Å². The number of ether oxygens (including phenoxy) is 1. The molecule has 0 saturated carbocycles. The predicted molar refractivity (Wildman–Crippen MR) is 71.7 cm³/mol. The van der Waals surface area contributed by atoms with E-state index in [-0.39, 0.29) is 34.4 Å². The van der Waals surface area contributed by atoms with Crippen LogP contribution < -0.4 is 4.74 Å². The van der Waals surface area contributed by atoms with E-state index < -0.39 is 9.84 Å². The molecule has 0 bridgehead atoms. The number of hydrogen-bond donors (Lipinski definition) is 0. The van der Waals surface area contributed by atoms with Gasteiger partial charge in [0.25, 0.3) is 0 Å². The quantitative estimate of drug-likeness (QED) is 0.758. The zero-order chi connectivity index (χ0) is 13.8. The van der Waals surface area contributed by atoms with Crippen LogP contribution in [-0.4, -0.2) is 32.8 Å². The number of hydrogen-bond acceptors (Lipinski definition) is 4. The summed E-state index contributed by atoms with van der Waals surface area (Å²) in [5, 5.41) is 0.495. The number of halogens is 2. The molecule has 0 saturated heterocycles. The Balaban J connectivity index is 2.82. The first-order chi connectivity index (χ1) is 8.39. The molecule has 1 aromatic carbocycles. The van der Waals surface area contributed by atoms with Gasteiger partial charge >= 0.3 is 0 Å². The van der Waals surface area contributed by atoms with Gasteiger partial charge in [-0.2, -0.15) is 0 Å². The van der Waals surface area contributed by atoms with Gasteiger partial charge in [-0.15, -0.1) is 0 Å². The van der Waals surface area contributed by atoms with Crippen LogP contribution in [0.2, 0.25) is 10.0 Å². The largest absolute Gasteiger partial charge is 0.490 e. The van der Waals surface area contributed by atoms with E-state index >= 15 is 0 Å². The van der Waals surface area contributed by atoms with E-state index in [2.05, 4.69) is 0 Å². The third-order valence-electron chi connectivity index (χ3n) is 2.24. The van der Waals surface area contributed by atoms with Gasteiger partial charge in [0.2, 0.25) is 0 Å². The van der Waals surface area contributed by atoms with Crippen molar-refractivity contribution < 1.29 is 17.9 Å². The van der Waals surface area contributed by atoms with E-state index in [0.717, 1.165) is 0 Å². The number of carbonyl (C=O) groups excluding carboxylic acids is 1. The maximum atomic E-state index is 11.3. The van der Waals surface area contributed by atoms with E-state index in [0.29, 0.717) is 11.3 Å². The minimum atomic E-state index is -3.11. The minimum Gasteiger partial charge on any atom is -0.490 e. The Morgan fingerprint density at radius 2 is 2.00 bits per heavy atom.